The van der Waals surface area contributed by atoms with Gasteiger partial charge in [-0.15, -0.1) is 0 Å². The second-order valence-electron chi connectivity index (χ2n) is 6.39. The molecule has 2 aromatic carbocycles. The highest BCUT2D eigenvalue weighted by atomic mass is 35.5. The van der Waals surface area contributed by atoms with E-state index in [0.717, 1.165) is 0 Å². The van der Waals surface area contributed by atoms with E-state index in [4.69, 9.17) is 27.9 Å². The van der Waals surface area contributed by atoms with Gasteiger partial charge in [-0.1, -0.05) is 35.0 Å². The molecular weight excluding hydrogens is 433 g/mol. The largest absolute Gasteiger partial charge is 0.383 e. The molecule has 1 N–H and O–H groups in total. The summed E-state index contributed by atoms with van der Waals surface area (Å²) in [5.41, 5.74) is 0.840. The summed E-state index contributed by atoms with van der Waals surface area (Å²) in [5.74, 6) is -0.0807. The monoisotopic (exact) mass is 451 g/mol. The summed E-state index contributed by atoms with van der Waals surface area (Å²) in [6, 6.07) is 11.7. The number of methoxy groups -OCH3 is 1. The number of benzene rings is 2. The molecule has 0 radical (unpaired) electrons. The minimum atomic E-state index is -0.246. The Bertz CT molecular complexity index is 1090. The van der Waals surface area contributed by atoms with Crippen LogP contribution in [0.15, 0.2) is 52.4 Å². The maximum atomic E-state index is 13.2. The third-order valence-electron chi connectivity index (χ3n) is 4.04. The van der Waals surface area contributed by atoms with Crippen molar-refractivity contribution in [2.45, 2.75) is 18.1 Å². The van der Waals surface area contributed by atoms with Crippen LogP contribution < -0.4 is 10.9 Å². The normalized spacial score (nSPS) is 12.1. The standard InChI is InChI=1S/C20H19Cl2N3O3S/c1-12(10-28-2)23-18(26)11-29-20-24-17-9-14(22)5-8-16(17)19(27)25(20)15-6-3-13(21)4-7-15/h3-9,12H,10-11H2,1-2H3,(H,23,26). The molecule has 3 rings (SSSR count). The van der Waals surface area contributed by atoms with E-state index in [1.165, 1.54) is 16.3 Å². The molecule has 0 saturated heterocycles. The summed E-state index contributed by atoms with van der Waals surface area (Å²) in [7, 11) is 1.58. The van der Waals surface area contributed by atoms with Gasteiger partial charge in [0.2, 0.25) is 5.91 Å². The molecule has 0 bridgehead atoms. The fourth-order valence-electron chi connectivity index (χ4n) is 2.79. The van der Waals surface area contributed by atoms with Gasteiger partial charge in [0.1, 0.15) is 0 Å². The maximum Gasteiger partial charge on any atom is 0.266 e. The van der Waals surface area contributed by atoms with Gasteiger partial charge in [0.05, 0.1) is 29.0 Å². The Labute approximate surface area is 182 Å². The molecule has 0 saturated carbocycles. The number of carbonyl (C=O) groups excluding carboxylic acids is 1. The van der Waals surface area contributed by atoms with Crippen LogP contribution in [0.3, 0.4) is 0 Å². The lowest BCUT2D eigenvalue weighted by molar-refractivity contribution is -0.119. The number of hydrogen-bond donors (Lipinski definition) is 1. The lowest BCUT2D eigenvalue weighted by Gasteiger charge is -2.15. The number of halogens is 2. The van der Waals surface area contributed by atoms with Gasteiger partial charge in [0.15, 0.2) is 5.16 Å². The van der Waals surface area contributed by atoms with Crippen molar-refractivity contribution in [3.63, 3.8) is 0 Å². The Morgan fingerprint density at radius 1 is 1.21 bits per heavy atom. The van der Waals surface area contributed by atoms with E-state index in [1.807, 2.05) is 6.92 Å². The summed E-state index contributed by atoms with van der Waals surface area (Å²) in [5, 5.41) is 4.71. The molecule has 1 aromatic heterocycles. The van der Waals surface area contributed by atoms with Crippen molar-refractivity contribution in [3.05, 3.63) is 62.9 Å². The van der Waals surface area contributed by atoms with Crippen LogP contribution in [0.5, 0.6) is 0 Å². The zero-order chi connectivity index (χ0) is 21.0. The molecule has 1 amide bonds. The van der Waals surface area contributed by atoms with Crippen molar-refractivity contribution in [2.75, 3.05) is 19.5 Å². The van der Waals surface area contributed by atoms with Crippen LogP contribution in [-0.2, 0) is 9.53 Å². The minimum absolute atomic E-state index is 0.0974. The Hall–Kier alpha value is -2.06. The molecule has 152 valence electrons. The Morgan fingerprint density at radius 2 is 1.90 bits per heavy atom. The van der Waals surface area contributed by atoms with Gasteiger partial charge in [0.25, 0.3) is 5.56 Å². The van der Waals surface area contributed by atoms with Crippen LogP contribution in [0, 0.1) is 0 Å². The van der Waals surface area contributed by atoms with Crippen molar-refractivity contribution < 1.29 is 9.53 Å². The number of hydrogen-bond acceptors (Lipinski definition) is 5. The number of nitrogens with one attached hydrogen (secondary N) is 1. The topological polar surface area (TPSA) is 73.2 Å². The lowest BCUT2D eigenvalue weighted by atomic mass is 10.2. The van der Waals surface area contributed by atoms with Crippen LogP contribution in [0.25, 0.3) is 16.6 Å². The number of nitrogens with zero attached hydrogens (tertiary/aromatic N) is 2. The molecule has 6 nitrogen and oxygen atoms in total. The molecule has 0 aliphatic rings. The van der Waals surface area contributed by atoms with Gasteiger partial charge in [-0.05, 0) is 49.4 Å². The zero-order valence-corrected chi connectivity index (χ0v) is 18.1. The number of amides is 1. The quantitative estimate of drug-likeness (QED) is 0.434. The van der Waals surface area contributed by atoms with Crippen LogP contribution >= 0.6 is 35.0 Å². The van der Waals surface area contributed by atoms with E-state index in [1.54, 1.807) is 49.6 Å². The summed E-state index contributed by atoms with van der Waals surface area (Å²) in [6.45, 7) is 2.27. The first-order valence-electron chi connectivity index (χ1n) is 8.78. The van der Waals surface area contributed by atoms with E-state index in [2.05, 4.69) is 10.3 Å². The molecule has 1 atom stereocenters. The molecule has 9 heteroatoms. The third kappa shape index (κ3) is 5.30. The summed E-state index contributed by atoms with van der Waals surface area (Å²) in [6.07, 6.45) is 0. The van der Waals surface area contributed by atoms with Crippen LogP contribution in [-0.4, -0.2) is 41.0 Å². The minimum Gasteiger partial charge on any atom is -0.383 e. The molecule has 29 heavy (non-hydrogen) atoms. The summed E-state index contributed by atoms with van der Waals surface area (Å²) in [4.78, 5) is 30.0. The Kier molecular flexibility index (Phi) is 7.18. The predicted molar refractivity (Wildman–Crippen MR) is 118 cm³/mol. The molecular formula is C20H19Cl2N3O3S. The fourth-order valence-corrected chi connectivity index (χ4v) is 3.91. The van der Waals surface area contributed by atoms with Gasteiger partial charge in [-0.3, -0.25) is 14.2 Å². The average molecular weight is 452 g/mol. The van der Waals surface area contributed by atoms with Gasteiger partial charge < -0.3 is 10.1 Å². The second-order valence-corrected chi connectivity index (χ2v) is 8.20. The molecule has 0 aliphatic heterocycles. The summed E-state index contributed by atoms with van der Waals surface area (Å²) < 4.78 is 6.50. The first kappa shape index (κ1) is 21.6. The first-order valence-corrected chi connectivity index (χ1v) is 10.5. The number of aromatic nitrogens is 2. The average Bonchev–Trinajstić information content (AvgIpc) is 2.67. The van der Waals surface area contributed by atoms with Crippen molar-refractivity contribution in [2.24, 2.45) is 0 Å². The Morgan fingerprint density at radius 3 is 2.59 bits per heavy atom. The van der Waals surface area contributed by atoms with Crippen molar-refractivity contribution >= 4 is 51.8 Å². The van der Waals surface area contributed by atoms with Crippen molar-refractivity contribution in [1.29, 1.82) is 0 Å². The van der Waals surface area contributed by atoms with Gasteiger partial charge in [-0.2, -0.15) is 0 Å². The van der Waals surface area contributed by atoms with Crippen molar-refractivity contribution in [1.82, 2.24) is 14.9 Å². The highest BCUT2D eigenvalue weighted by molar-refractivity contribution is 7.99. The molecule has 0 spiro atoms. The number of fused-ring (bicyclic) bond motifs is 1. The van der Waals surface area contributed by atoms with Crippen LogP contribution in [0.1, 0.15) is 6.92 Å². The number of carbonyl (C=O) groups is 1. The van der Waals surface area contributed by atoms with Gasteiger partial charge >= 0.3 is 0 Å². The molecule has 0 aliphatic carbocycles. The highest BCUT2D eigenvalue weighted by Gasteiger charge is 2.16. The van der Waals surface area contributed by atoms with Crippen LogP contribution in [0.4, 0.5) is 0 Å². The smallest absolute Gasteiger partial charge is 0.266 e. The number of thioether (sulfide) groups is 1. The predicted octanol–water partition coefficient (Wildman–Crippen LogP) is 3.94. The highest BCUT2D eigenvalue weighted by Crippen LogP contribution is 2.23. The van der Waals surface area contributed by atoms with Gasteiger partial charge in [0, 0.05) is 23.2 Å². The SMILES string of the molecule is COCC(C)NC(=O)CSc1nc2cc(Cl)ccc2c(=O)n1-c1ccc(Cl)cc1. The molecule has 0 fully saturated rings. The Balaban J connectivity index is 1.99. The van der Waals surface area contributed by atoms with E-state index in [-0.39, 0.29) is 23.3 Å². The molecule has 3 aromatic rings. The third-order valence-corrected chi connectivity index (χ3v) is 5.47. The van der Waals surface area contributed by atoms with Gasteiger partial charge in [-0.25, -0.2) is 4.98 Å². The zero-order valence-electron chi connectivity index (χ0n) is 15.8. The van der Waals surface area contributed by atoms with E-state index in [0.29, 0.717) is 38.4 Å². The van der Waals surface area contributed by atoms with E-state index < -0.39 is 0 Å². The number of rotatable bonds is 7. The number of ether oxygens (including phenoxy) is 1. The first-order chi connectivity index (χ1) is 13.9. The fraction of sp³-hybridized carbons (Fsp3) is 0.250. The molecule has 1 unspecified atom stereocenters. The van der Waals surface area contributed by atoms with E-state index in [9.17, 15) is 9.59 Å². The van der Waals surface area contributed by atoms with Crippen molar-refractivity contribution in [3.8, 4) is 5.69 Å². The summed E-state index contributed by atoms with van der Waals surface area (Å²) >= 11 is 13.2. The molecule has 1 heterocycles. The lowest BCUT2D eigenvalue weighted by Crippen LogP contribution is -2.36. The van der Waals surface area contributed by atoms with E-state index >= 15 is 0 Å². The second kappa shape index (κ2) is 9.63. The maximum absolute atomic E-state index is 13.2. The van der Waals surface area contributed by atoms with Crippen LogP contribution in [0.2, 0.25) is 10.0 Å².